The van der Waals surface area contributed by atoms with Crippen molar-refractivity contribution in [1.82, 2.24) is 5.32 Å². The number of hydrogen-bond acceptors (Lipinski definition) is 4. The van der Waals surface area contributed by atoms with Crippen molar-refractivity contribution in [3.63, 3.8) is 0 Å². The molecular weight excluding hydrogens is 344 g/mol. The van der Waals surface area contributed by atoms with E-state index in [2.05, 4.69) is 5.32 Å². The molecule has 4 bridgehead atoms. The topological polar surface area (TPSA) is 113 Å². The van der Waals surface area contributed by atoms with Crippen molar-refractivity contribution >= 4 is 11.9 Å². The number of aliphatic carboxylic acids is 1. The molecule has 0 radical (unpaired) electrons. The fourth-order valence-electron chi connectivity index (χ4n) is 6.07. The molecule has 0 unspecified atom stereocenters. The van der Waals surface area contributed by atoms with Crippen LogP contribution in [0.2, 0.25) is 0 Å². The number of carboxylic acid groups (broad SMARTS) is 1. The molecule has 0 heterocycles. The van der Waals surface area contributed by atoms with Crippen LogP contribution in [0.1, 0.15) is 37.7 Å². The highest BCUT2D eigenvalue weighted by Gasteiger charge is 2.52. The lowest BCUT2D eigenvalue weighted by atomic mass is 9.50. The summed E-state index contributed by atoms with van der Waals surface area (Å²) in [6.45, 7) is 0. The Hall–Kier alpha value is -2.08. The van der Waals surface area contributed by atoms with Crippen LogP contribution in [-0.2, 0) is 16.0 Å². The Labute approximate surface area is 159 Å². The number of carbonyl (C=O) groups excluding carboxylic acids is 1. The molecule has 6 nitrogen and oxygen atoms in total. The summed E-state index contributed by atoms with van der Waals surface area (Å²) in [6.07, 6.45) is 6.04. The zero-order chi connectivity index (χ0) is 19.1. The van der Waals surface area contributed by atoms with Gasteiger partial charge in [0.15, 0.2) is 0 Å². The molecule has 4 aliphatic rings. The fraction of sp³-hybridized carbons (Fsp3) is 0.619. The van der Waals surface area contributed by atoms with Crippen LogP contribution in [0.3, 0.4) is 0 Å². The van der Waals surface area contributed by atoms with Crippen molar-refractivity contribution < 1.29 is 19.8 Å². The van der Waals surface area contributed by atoms with Gasteiger partial charge in [0.2, 0.25) is 5.91 Å². The fourth-order valence-corrected chi connectivity index (χ4v) is 6.07. The van der Waals surface area contributed by atoms with E-state index in [1.807, 2.05) is 0 Å². The Morgan fingerprint density at radius 1 is 1.04 bits per heavy atom. The standard InChI is InChI=1S/C21H28N2O4/c22-17(10-11-1-3-16(24)4-2-11)20(25)23-19(21(26)27)18-14-6-12-5-13(8-14)9-15(18)7-12/h1-4,12-15,17-19,24H,5-10,22H2,(H,23,25)(H,26,27)/t12?,13?,14?,15?,17-,18?,19-/m0/s1. The number of carbonyl (C=O) groups is 2. The smallest absolute Gasteiger partial charge is 0.326 e. The van der Waals surface area contributed by atoms with Crippen molar-refractivity contribution in [2.24, 2.45) is 35.3 Å². The van der Waals surface area contributed by atoms with E-state index >= 15 is 0 Å². The Morgan fingerprint density at radius 2 is 1.59 bits per heavy atom. The van der Waals surface area contributed by atoms with E-state index in [9.17, 15) is 19.8 Å². The van der Waals surface area contributed by atoms with Crippen LogP contribution in [0.4, 0.5) is 0 Å². The largest absolute Gasteiger partial charge is 0.508 e. The van der Waals surface area contributed by atoms with Gasteiger partial charge in [-0.1, -0.05) is 12.1 Å². The van der Waals surface area contributed by atoms with E-state index < -0.39 is 24.0 Å². The number of phenolic OH excluding ortho intramolecular Hbond substituents is 1. The molecule has 6 heteroatoms. The zero-order valence-corrected chi connectivity index (χ0v) is 15.4. The minimum Gasteiger partial charge on any atom is -0.508 e. The van der Waals surface area contributed by atoms with Gasteiger partial charge in [0.25, 0.3) is 0 Å². The lowest BCUT2D eigenvalue weighted by Crippen LogP contribution is -2.58. The van der Waals surface area contributed by atoms with Gasteiger partial charge in [-0.15, -0.1) is 0 Å². The van der Waals surface area contributed by atoms with Crippen LogP contribution in [0.15, 0.2) is 24.3 Å². The SMILES string of the molecule is N[C@@H](Cc1ccc(O)cc1)C(=O)N[C@H](C(=O)O)C1C2CC3CC(C2)CC1C3. The summed E-state index contributed by atoms with van der Waals surface area (Å²) in [6, 6.07) is 4.87. The van der Waals surface area contributed by atoms with Gasteiger partial charge in [0.05, 0.1) is 6.04 Å². The van der Waals surface area contributed by atoms with Crippen molar-refractivity contribution in [2.45, 2.75) is 50.6 Å². The van der Waals surface area contributed by atoms with Crippen molar-refractivity contribution in [1.29, 1.82) is 0 Å². The molecule has 2 atom stereocenters. The first-order chi connectivity index (χ1) is 12.9. The normalized spacial score (nSPS) is 33.4. The maximum Gasteiger partial charge on any atom is 0.326 e. The summed E-state index contributed by atoms with van der Waals surface area (Å²) >= 11 is 0. The molecule has 1 aromatic rings. The molecule has 4 aliphatic carbocycles. The van der Waals surface area contributed by atoms with Gasteiger partial charge in [-0.2, -0.15) is 0 Å². The van der Waals surface area contributed by atoms with Gasteiger partial charge in [-0.3, -0.25) is 4.79 Å². The summed E-state index contributed by atoms with van der Waals surface area (Å²) in [5.41, 5.74) is 6.87. The van der Waals surface area contributed by atoms with Crippen LogP contribution < -0.4 is 11.1 Å². The minimum absolute atomic E-state index is 0.0279. The summed E-state index contributed by atoms with van der Waals surface area (Å²) < 4.78 is 0. The van der Waals surface area contributed by atoms with Gasteiger partial charge in [-0.25, -0.2) is 4.79 Å². The number of rotatable bonds is 6. The van der Waals surface area contributed by atoms with E-state index in [0.29, 0.717) is 18.3 Å². The molecule has 0 spiro atoms. The first kappa shape index (κ1) is 18.3. The van der Waals surface area contributed by atoms with E-state index in [-0.39, 0.29) is 11.7 Å². The number of nitrogens with one attached hydrogen (secondary N) is 1. The molecular formula is C21H28N2O4. The maximum absolute atomic E-state index is 12.6. The molecule has 4 fully saturated rings. The van der Waals surface area contributed by atoms with Gasteiger partial charge >= 0.3 is 5.97 Å². The molecule has 4 saturated carbocycles. The predicted octanol–water partition coefficient (Wildman–Crippen LogP) is 1.90. The monoisotopic (exact) mass is 372 g/mol. The molecule has 0 aromatic heterocycles. The first-order valence-corrected chi connectivity index (χ1v) is 9.97. The van der Waals surface area contributed by atoms with Gasteiger partial charge in [-0.05, 0) is 85.8 Å². The second-order valence-corrected chi connectivity index (χ2v) is 8.81. The van der Waals surface area contributed by atoms with E-state index in [4.69, 9.17) is 5.73 Å². The third kappa shape index (κ3) is 3.68. The number of nitrogens with two attached hydrogens (primary N) is 1. The van der Waals surface area contributed by atoms with Crippen LogP contribution in [0, 0.1) is 29.6 Å². The van der Waals surface area contributed by atoms with E-state index in [1.165, 1.54) is 6.42 Å². The molecule has 27 heavy (non-hydrogen) atoms. The quantitative estimate of drug-likeness (QED) is 0.609. The second-order valence-electron chi connectivity index (χ2n) is 8.81. The maximum atomic E-state index is 12.6. The lowest BCUT2D eigenvalue weighted by molar-refractivity contribution is -0.149. The van der Waals surface area contributed by atoms with Gasteiger partial charge < -0.3 is 21.3 Å². The van der Waals surface area contributed by atoms with E-state index in [1.54, 1.807) is 24.3 Å². The van der Waals surface area contributed by atoms with Crippen LogP contribution in [-0.4, -0.2) is 34.2 Å². The summed E-state index contributed by atoms with van der Waals surface area (Å²) in [7, 11) is 0. The molecule has 146 valence electrons. The van der Waals surface area contributed by atoms with Crippen LogP contribution >= 0.6 is 0 Å². The highest BCUT2D eigenvalue weighted by atomic mass is 16.4. The Kier molecular flexibility index (Phi) is 4.84. The third-order valence-electron chi connectivity index (χ3n) is 6.98. The summed E-state index contributed by atoms with van der Waals surface area (Å²) in [5.74, 6) is 1.16. The zero-order valence-electron chi connectivity index (χ0n) is 15.4. The molecule has 5 rings (SSSR count). The Bertz CT molecular complexity index is 689. The number of carboxylic acids is 1. The van der Waals surface area contributed by atoms with Crippen molar-refractivity contribution in [3.8, 4) is 5.75 Å². The molecule has 5 N–H and O–H groups in total. The second kappa shape index (κ2) is 7.15. The van der Waals surface area contributed by atoms with Crippen LogP contribution in [0.5, 0.6) is 5.75 Å². The lowest BCUT2D eigenvalue weighted by Gasteiger charge is -2.55. The van der Waals surface area contributed by atoms with Crippen molar-refractivity contribution in [3.05, 3.63) is 29.8 Å². The number of amides is 1. The van der Waals surface area contributed by atoms with Gasteiger partial charge in [0, 0.05) is 0 Å². The molecule has 1 amide bonds. The average Bonchev–Trinajstić information content (AvgIpc) is 2.61. The van der Waals surface area contributed by atoms with Crippen molar-refractivity contribution in [2.75, 3.05) is 0 Å². The Balaban J connectivity index is 1.43. The predicted molar refractivity (Wildman–Crippen MR) is 99.9 cm³/mol. The number of hydrogen-bond donors (Lipinski definition) is 4. The number of phenols is 1. The average molecular weight is 372 g/mol. The summed E-state index contributed by atoms with van der Waals surface area (Å²) in [4.78, 5) is 24.6. The number of benzene rings is 1. The molecule has 0 saturated heterocycles. The van der Waals surface area contributed by atoms with Crippen LogP contribution in [0.25, 0.3) is 0 Å². The molecule has 0 aliphatic heterocycles. The Morgan fingerprint density at radius 3 is 2.11 bits per heavy atom. The van der Waals surface area contributed by atoms with E-state index in [0.717, 1.165) is 43.1 Å². The third-order valence-corrected chi connectivity index (χ3v) is 6.98. The minimum atomic E-state index is -0.947. The summed E-state index contributed by atoms with van der Waals surface area (Å²) in [5, 5.41) is 21.9. The highest BCUT2D eigenvalue weighted by molar-refractivity contribution is 5.87. The molecule has 1 aromatic carbocycles. The first-order valence-electron chi connectivity index (χ1n) is 9.97. The highest BCUT2D eigenvalue weighted by Crippen LogP contribution is 2.57. The van der Waals surface area contributed by atoms with Gasteiger partial charge in [0.1, 0.15) is 11.8 Å². The number of aromatic hydroxyl groups is 1.